The molecular formula is C26H24N4O3S. The number of benzene rings is 2. The molecule has 2 aromatic heterocycles. The number of methoxy groups -OCH3 is 1. The molecule has 8 heteroatoms. The summed E-state index contributed by atoms with van der Waals surface area (Å²) in [5.74, 6) is -0.0164. The standard InChI is InChI=1S/C26H24N4O3S/c1-18(31)27-22-15-21(11-12-23(22)33-2)28-25(32)13-10-20-17-30(16-19-7-4-3-5-8-19)29-26(20)24-9-6-14-34-24/h3-15,17H,16H2,1-2H3,(H,27,31)(H,28,32)/b13-10+. The number of hydrogen-bond donors (Lipinski definition) is 2. The maximum Gasteiger partial charge on any atom is 0.248 e. The highest BCUT2D eigenvalue weighted by molar-refractivity contribution is 7.13. The molecule has 4 aromatic rings. The van der Waals surface area contributed by atoms with Gasteiger partial charge in [-0.15, -0.1) is 11.3 Å². The number of rotatable bonds is 8. The minimum absolute atomic E-state index is 0.227. The molecule has 0 atom stereocenters. The van der Waals surface area contributed by atoms with E-state index >= 15 is 0 Å². The van der Waals surface area contributed by atoms with Crippen LogP contribution >= 0.6 is 11.3 Å². The van der Waals surface area contributed by atoms with Crippen molar-refractivity contribution in [1.82, 2.24) is 9.78 Å². The monoisotopic (exact) mass is 472 g/mol. The summed E-state index contributed by atoms with van der Waals surface area (Å²) in [5, 5.41) is 12.3. The lowest BCUT2D eigenvalue weighted by atomic mass is 10.2. The summed E-state index contributed by atoms with van der Waals surface area (Å²) < 4.78 is 7.14. The van der Waals surface area contributed by atoms with E-state index in [1.165, 1.54) is 20.1 Å². The lowest BCUT2D eigenvalue weighted by Crippen LogP contribution is -2.10. The molecule has 0 fully saturated rings. The molecule has 0 saturated heterocycles. The SMILES string of the molecule is COc1ccc(NC(=O)/C=C/c2cn(Cc3ccccc3)nc2-c2cccs2)cc1NC(C)=O. The molecule has 7 nitrogen and oxygen atoms in total. The lowest BCUT2D eigenvalue weighted by Gasteiger charge is -2.11. The van der Waals surface area contributed by atoms with Crippen LogP contribution in [0.5, 0.6) is 5.75 Å². The first-order chi connectivity index (χ1) is 16.5. The van der Waals surface area contributed by atoms with Crippen molar-refractivity contribution in [2.24, 2.45) is 0 Å². The van der Waals surface area contributed by atoms with Crippen LogP contribution in [0.2, 0.25) is 0 Å². The van der Waals surface area contributed by atoms with Crippen molar-refractivity contribution < 1.29 is 14.3 Å². The Morgan fingerprint density at radius 1 is 1.09 bits per heavy atom. The number of ether oxygens (including phenoxy) is 1. The molecular weight excluding hydrogens is 448 g/mol. The third kappa shape index (κ3) is 5.79. The molecule has 0 aliphatic rings. The van der Waals surface area contributed by atoms with E-state index in [9.17, 15) is 9.59 Å². The maximum absolute atomic E-state index is 12.6. The molecule has 0 aliphatic heterocycles. The first kappa shape index (κ1) is 23.0. The Morgan fingerprint density at radius 3 is 2.62 bits per heavy atom. The first-order valence-electron chi connectivity index (χ1n) is 10.6. The van der Waals surface area contributed by atoms with E-state index in [0.29, 0.717) is 23.7 Å². The van der Waals surface area contributed by atoms with Crippen molar-refractivity contribution in [3.63, 3.8) is 0 Å². The molecule has 0 aliphatic carbocycles. The zero-order valence-electron chi connectivity index (χ0n) is 18.8. The number of nitrogens with one attached hydrogen (secondary N) is 2. The fourth-order valence-electron chi connectivity index (χ4n) is 3.44. The van der Waals surface area contributed by atoms with Gasteiger partial charge >= 0.3 is 0 Å². The van der Waals surface area contributed by atoms with E-state index in [1.807, 2.05) is 46.6 Å². The molecule has 2 N–H and O–H groups in total. The van der Waals surface area contributed by atoms with E-state index in [0.717, 1.165) is 21.7 Å². The highest BCUT2D eigenvalue weighted by atomic mass is 32.1. The summed E-state index contributed by atoms with van der Waals surface area (Å²) in [5.41, 5.74) is 3.84. The fourth-order valence-corrected chi connectivity index (χ4v) is 4.17. The summed E-state index contributed by atoms with van der Waals surface area (Å²) in [6.45, 7) is 2.05. The van der Waals surface area contributed by atoms with Gasteiger partial charge in [-0.25, -0.2) is 0 Å². The number of nitrogens with zero attached hydrogens (tertiary/aromatic N) is 2. The molecule has 0 unspecified atom stereocenters. The average Bonchev–Trinajstić information content (AvgIpc) is 3.48. The Bertz CT molecular complexity index is 1310. The number of carbonyl (C=O) groups is 2. The molecule has 172 valence electrons. The molecule has 4 rings (SSSR count). The van der Waals surface area contributed by atoms with Gasteiger partial charge in [0.05, 0.1) is 24.2 Å². The van der Waals surface area contributed by atoms with Crippen molar-refractivity contribution in [2.75, 3.05) is 17.7 Å². The van der Waals surface area contributed by atoms with E-state index in [1.54, 1.807) is 35.6 Å². The van der Waals surface area contributed by atoms with Crippen LogP contribution in [0.1, 0.15) is 18.1 Å². The predicted molar refractivity (Wildman–Crippen MR) is 136 cm³/mol. The van der Waals surface area contributed by atoms with Crippen molar-refractivity contribution >= 4 is 40.6 Å². The van der Waals surface area contributed by atoms with Gasteiger partial charge in [-0.3, -0.25) is 14.3 Å². The predicted octanol–water partition coefficient (Wildman–Crippen LogP) is 5.28. The Morgan fingerprint density at radius 2 is 1.91 bits per heavy atom. The average molecular weight is 473 g/mol. The lowest BCUT2D eigenvalue weighted by molar-refractivity contribution is -0.114. The van der Waals surface area contributed by atoms with Gasteiger partial charge in [0.1, 0.15) is 11.4 Å². The van der Waals surface area contributed by atoms with Crippen LogP contribution in [0.3, 0.4) is 0 Å². The van der Waals surface area contributed by atoms with Gasteiger partial charge in [0.2, 0.25) is 11.8 Å². The fraction of sp³-hybridized carbons (Fsp3) is 0.115. The quantitative estimate of drug-likeness (QED) is 0.342. The Labute approximate surface area is 201 Å². The second-order valence-corrected chi connectivity index (χ2v) is 8.46. The van der Waals surface area contributed by atoms with Gasteiger partial charge in [-0.2, -0.15) is 5.10 Å². The summed E-state index contributed by atoms with van der Waals surface area (Å²) in [6, 6.07) is 19.1. The Hall–Kier alpha value is -4.17. The van der Waals surface area contributed by atoms with Crippen LogP contribution in [-0.2, 0) is 16.1 Å². The van der Waals surface area contributed by atoms with Crippen molar-refractivity contribution in [3.8, 4) is 16.3 Å². The molecule has 2 heterocycles. The molecule has 2 amide bonds. The molecule has 0 radical (unpaired) electrons. The van der Waals surface area contributed by atoms with Crippen LogP contribution in [0.4, 0.5) is 11.4 Å². The van der Waals surface area contributed by atoms with Crippen molar-refractivity contribution in [3.05, 3.63) is 89.4 Å². The zero-order chi connectivity index (χ0) is 23.9. The van der Waals surface area contributed by atoms with Gasteiger partial charge in [-0.1, -0.05) is 36.4 Å². The number of hydrogen-bond acceptors (Lipinski definition) is 5. The highest BCUT2D eigenvalue weighted by Gasteiger charge is 2.12. The smallest absolute Gasteiger partial charge is 0.248 e. The van der Waals surface area contributed by atoms with E-state index in [2.05, 4.69) is 22.8 Å². The number of thiophene rings is 1. The molecule has 0 saturated carbocycles. The molecule has 34 heavy (non-hydrogen) atoms. The topological polar surface area (TPSA) is 85.2 Å². The number of anilines is 2. The summed E-state index contributed by atoms with van der Waals surface area (Å²) >= 11 is 1.60. The van der Waals surface area contributed by atoms with Crippen LogP contribution in [0.15, 0.2) is 78.3 Å². The van der Waals surface area contributed by atoms with Gasteiger partial charge in [-0.05, 0) is 41.3 Å². The third-order valence-corrected chi connectivity index (χ3v) is 5.80. The van der Waals surface area contributed by atoms with Crippen molar-refractivity contribution in [1.29, 1.82) is 0 Å². The van der Waals surface area contributed by atoms with Gasteiger partial charge < -0.3 is 15.4 Å². The van der Waals surface area contributed by atoms with Crippen LogP contribution in [-0.4, -0.2) is 28.7 Å². The minimum Gasteiger partial charge on any atom is -0.495 e. The van der Waals surface area contributed by atoms with E-state index in [-0.39, 0.29) is 11.8 Å². The maximum atomic E-state index is 12.6. The largest absolute Gasteiger partial charge is 0.495 e. The Kier molecular flexibility index (Phi) is 7.19. The minimum atomic E-state index is -0.299. The van der Waals surface area contributed by atoms with Crippen LogP contribution in [0.25, 0.3) is 16.6 Å². The second kappa shape index (κ2) is 10.6. The molecule has 2 aromatic carbocycles. The van der Waals surface area contributed by atoms with Gasteiger partial charge in [0.15, 0.2) is 0 Å². The van der Waals surface area contributed by atoms with Gasteiger partial charge in [0.25, 0.3) is 0 Å². The van der Waals surface area contributed by atoms with E-state index in [4.69, 9.17) is 9.84 Å². The number of carbonyl (C=O) groups excluding carboxylic acids is 2. The van der Waals surface area contributed by atoms with Crippen molar-refractivity contribution in [2.45, 2.75) is 13.5 Å². The van der Waals surface area contributed by atoms with Gasteiger partial charge in [0, 0.05) is 30.4 Å². The first-order valence-corrected chi connectivity index (χ1v) is 11.5. The molecule has 0 bridgehead atoms. The molecule has 0 spiro atoms. The summed E-state index contributed by atoms with van der Waals surface area (Å²) in [7, 11) is 1.52. The number of amides is 2. The normalized spacial score (nSPS) is 10.9. The third-order valence-electron chi connectivity index (χ3n) is 4.92. The number of aromatic nitrogens is 2. The summed E-state index contributed by atoms with van der Waals surface area (Å²) in [4.78, 5) is 25.1. The summed E-state index contributed by atoms with van der Waals surface area (Å²) in [6.07, 6.45) is 5.18. The Balaban J connectivity index is 1.53. The van der Waals surface area contributed by atoms with Crippen LogP contribution < -0.4 is 15.4 Å². The van der Waals surface area contributed by atoms with Crippen LogP contribution in [0, 0.1) is 0 Å². The zero-order valence-corrected chi connectivity index (χ0v) is 19.6. The van der Waals surface area contributed by atoms with E-state index < -0.39 is 0 Å². The second-order valence-electron chi connectivity index (χ2n) is 7.51. The highest BCUT2D eigenvalue weighted by Crippen LogP contribution is 2.29.